The summed E-state index contributed by atoms with van der Waals surface area (Å²) in [6, 6.07) is 10.5. The van der Waals surface area contributed by atoms with Crippen LogP contribution in [0.3, 0.4) is 0 Å². The molecule has 2 nitrogen and oxygen atoms in total. The van der Waals surface area contributed by atoms with E-state index in [0.717, 1.165) is 5.75 Å². The molecule has 0 atom stereocenters. The van der Waals surface area contributed by atoms with Crippen LogP contribution in [0.25, 0.3) is 0 Å². The van der Waals surface area contributed by atoms with Gasteiger partial charge in [-0.1, -0.05) is 32.9 Å². The predicted molar refractivity (Wildman–Crippen MR) is 73.9 cm³/mol. The zero-order chi connectivity index (χ0) is 12.9. The van der Waals surface area contributed by atoms with E-state index in [0.29, 0.717) is 13.2 Å². The summed E-state index contributed by atoms with van der Waals surface area (Å²) in [4.78, 5) is 0. The van der Waals surface area contributed by atoms with E-state index in [2.05, 4.69) is 39.9 Å². The Bertz CT molecular complexity index is 328. The van der Waals surface area contributed by atoms with Crippen molar-refractivity contribution in [3.63, 3.8) is 0 Å². The maximum Gasteiger partial charge on any atom is 0.192 e. The van der Waals surface area contributed by atoms with Gasteiger partial charge in [-0.15, -0.1) is 0 Å². The van der Waals surface area contributed by atoms with Crippen molar-refractivity contribution in [2.24, 2.45) is 0 Å². The standard InChI is InChI=1S/C14H23O2Si/c1-14(2,3)17(4,5)16-12-11-15-13-9-7-6-8-10-13/h7-10H,11-12H2,1-5H3. The summed E-state index contributed by atoms with van der Waals surface area (Å²) in [5.74, 6) is 0.877. The molecule has 95 valence electrons. The Kier molecular flexibility index (Phi) is 4.77. The largest absolute Gasteiger partial charge is 0.491 e. The Labute approximate surface area is 106 Å². The maximum absolute atomic E-state index is 6.02. The number of benzene rings is 1. The van der Waals surface area contributed by atoms with Gasteiger partial charge in [0.1, 0.15) is 12.4 Å². The molecule has 0 aliphatic heterocycles. The van der Waals surface area contributed by atoms with E-state index in [4.69, 9.17) is 9.16 Å². The molecule has 0 aliphatic rings. The van der Waals surface area contributed by atoms with E-state index >= 15 is 0 Å². The Morgan fingerprint density at radius 1 is 1.12 bits per heavy atom. The van der Waals surface area contributed by atoms with Gasteiger partial charge in [0.25, 0.3) is 0 Å². The van der Waals surface area contributed by atoms with E-state index in [-0.39, 0.29) is 5.04 Å². The third kappa shape index (κ3) is 4.52. The van der Waals surface area contributed by atoms with Gasteiger partial charge in [-0.3, -0.25) is 0 Å². The fraction of sp³-hybridized carbons (Fsp3) is 0.571. The summed E-state index contributed by atoms with van der Waals surface area (Å²) in [6.07, 6.45) is 0. The van der Waals surface area contributed by atoms with Crippen molar-refractivity contribution < 1.29 is 9.16 Å². The van der Waals surface area contributed by atoms with E-state index in [1.54, 1.807) is 0 Å². The molecule has 0 aromatic heterocycles. The second-order valence-corrected chi connectivity index (χ2v) is 10.5. The molecule has 0 fully saturated rings. The molecule has 1 aromatic carbocycles. The molecule has 0 amide bonds. The Morgan fingerprint density at radius 3 is 2.24 bits per heavy atom. The highest BCUT2D eigenvalue weighted by molar-refractivity contribution is 6.74. The van der Waals surface area contributed by atoms with Gasteiger partial charge in [0.2, 0.25) is 0 Å². The monoisotopic (exact) mass is 251 g/mol. The summed E-state index contributed by atoms with van der Waals surface area (Å²) >= 11 is 0. The van der Waals surface area contributed by atoms with E-state index < -0.39 is 8.32 Å². The molecule has 0 saturated heterocycles. The first-order valence-corrected chi connectivity index (χ1v) is 8.97. The van der Waals surface area contributed by atoms with Gasteiger partial charge in [-0.2, -0.15) is 0 Å². The molecule has 17 heavy (non-hydrogen) atoms. The minimum atomic E-state index is -1.63. The lowest BCUT2D eigenvalue weighted by Gasteiger charge is -2.36. The first-order chi connectivity index (χ1) is 7.83. The lowest BCUT2D eigenvalue weighted by molar-refractivity contribution is 0.203. The van der Waals surface area contributed by atoms with E-state index in [1.807, 2.05) is 24.3 Å². The third-order valence-electron chi connectivity index (χ3n) is 3.31. The first-order valence-electron chi connectivity index (χ1n) is 6.06. The van der Waals surface area contributed by atoms with Crippen molar-refractivity contribution in [1.82, 2.24) is 0 Å². The molecule has 3 heteroatoms. The Morgan fingerprint density at radius 2 is 1.71 bits per heavy atom. The summed E-state index contributed by atoms with van der Waals surface area (Å²) in [6.45, 7) is 12.5. The van der Waals surface area contributed by atoms with Crippen LogP contribution in [0.1, 0.15) is 20.8 Å². The Balaban J connectivity index is 2.30. The van der Waals surface area contributed by atoms with Crippen LogP contribution in [0.15, 0.2) is 24.3 Å². The summed E-state index contributed by atoms with van der Waals surface area (Å²) in [7, 11) is -1.63. The minimum Gasteiger partial charge on any atom is -0.491 e. The van der Waals surface area contributed by atoms with E-state index in [9.17, 15) is 0 Å². The fourth-order valence-electron chi connectivity index (χ4n) is 1.14. The van der Waals surface area contributed by atoms with Gasteiger partial charge in [0.15, 0.2) is 8.32 Å². The van der Waals surface area contributed by atoms with Gasteiger partial charge in [0, 0.05) is 0 Å². The second kappa shape index (κ2) is 5.69. The second-order valence-electron chi connectivity index (χ2n) is 5.69. The van der Waals surface area contributed by atoms with Gasteiger partial charge in [-0.25, -0.2) is 0 Å². The van der Waals surface area contributed by atoms with Crippen LogP contribution in [-0.2, 0) is 4.43 Å². The molecule has 0 bridgehead atoms. The third-order valence-corrected chi connectivity index (χ3v) is 7.85. The van der Waals surface area contributed by atoms with Crippen LogP contribution in [-0.4, -0.2) is 21.5 Å². The average Bonchev–Trinajstić information content (AvgIpc) is 2.24. The van der Waals surface area contributed by atoms with Gasteiger partial charge in [-0.05, 0) is 36.3 Å². The van der Waals surface area contributed by atoms with Crippen LogP contribution in [0.5, 0.6) is 5.75 Å². The fourth-order valence-corrected chi connectivity index (χ4v) is 2.17. The van der Waals surface area contributed by atoms with Crippen molar-refractivity contribution >= 4 is 8.32 Å². The van der Waals surface area contributed by atoms with Gasteiger partial charge < -0.3 is 9.16 Å². The van der Waals surface area contributed by atoms with Crippen LogP contribution in [0.2, 0.25) is 18.1 Å². The molecule has 0 aliphatic carbocycles. The van der Waals surface area contributed by atoms with Crippen molar-refractivity contribution in [2.75, 3.05) is 13.2 Å². The minimum absolute atomic E-state index is 0.259. The maximum atomic E-state index is 6.02. The summed E-state index contributed by atoms with van der Waals surface area (Å²) in [5.41, 5.74) is 0. The van der Waals surface area contributed by atoms with Crippen LogP contribution in [0.4, 0.5) is 0 Å². The lowest BCUT2D eigenvalue weighted by atomic mass is 10.2. The van der Waals surface area contributed by atoms with Crippen LogP contribution in [0, 0.1) is 6.07 Å². The molecule has 1 rings (SSSR count). The molecule has 0 N–H and O–H groups in total. The molecule has 1 radical (unpaired) electrons. The molecule has 0 heterocycles. The zero-order valence-electron chi connectivity index (χ0n) is 11.5. The SMILES string of the molecule is CC(C)(C)[Si](C)(C)OCCOc1cc[c]cc1. The summed E-state index contributed by atoms with van der Waals surface area (Å²) < 4.78 is 11.6. The number of rotatable bonds is 5. The quantitative estimate of drug-likeness (QED) is 0.584. The molecule has 0 unspecified atom stereocenters. The number of ether oxygens (including phenoxy) is 1. The van der Waals surface area contributed by atoms with Crippen molar-refractivity contribution in [3.05, 3.63) is 30.3 Å². The van der Waals surface area contributed by atoms with Crippen LogP contribution < -0.4 is 4.74 Å². The topological polar surface area (TPSA) is 18.5 Å². The summed E-state index contributed by atoms with van der Waals surface area (Å²) in [5, 5.41) is 0.259. The van der Waals surface area contributed by atoms with Crippen molar-refractivity contribution in [3.8, 4) is 5.75 Å². The highest BCUT2D eigenvalue weighted by Crippen LogP contribution is 2.36. The molecular weight excluding hydrogens is 228 g/mol. The number of hydrogen-bond donors (Lipinski definition) is 0. The van der Waals surface area contributed by atoms with Crippen molar-refractivity contribution in [1.29, 1.82) is 0 Å². The molecule has 1 aromatic rings. The average molecular weight is 251 g/mol. The molecule has 0 spiro atoms. The highest BCUT2D eigenvalue weighted by Gasteiger charge is 2.36. The molecule has 0 saturated carbocycles. The highest BCUT2D eigenvalue weighted by atomic mass is 28.4. The van der Waals surface area contributed by atoms with Gasteiger partial charge >= 0.3 is 0 Å². The number of hydrogen-bond acceptors (Lipinski definition) is 2. The van der Waals surface area contributed by atoms with E-state index in [1.165, 1.54) is 0 Å². The van der Waals surface area contributed by atoms with Crippen LogP contribution >= 0.6 is 0 Å². The molecular formula is C14H23O2Si. The predicted octanol–water partition coefficient (Wildman–Crippen LogP) is 3.89. The zero-order valence-corrected chi connectivity index (χ0v) is 12.5. The van der Waals surface area contributed by atoms with Gasteiger partial charge in [0.05, 0.1) is 6.61 Å². The Hall–Kier alpha value is -0.803. The van der Waals surface area contributed by atoms with Crippen molar-refractivity contribution in [2.45, 2.75) is 38.9 Å². The normalized spacial score (nSPS) is 12.5. The lowest BCUT2D eigenvalue weighted by Crippen LogP contribution is -2.41. The smallest absolute Gasteiger partial charge is 0.192 e. The first kappa shape index (κ1) is 14.3.